The second-order valence-electron chi connectivity index (χ2n) is 6.51. The summed E-state index contributed by atoms with van der Waals surface area (Å²) in [7, 11) is 0. The first-order chi connectivity index (χ1) is 11.2. The van der Waals surface area contributed by atoms with Gasteiger partial charge in [-0.3, -0.25) is 4.79 Å². The fraction of sp³-hybridized carbons (Fsp3) is 0.611. The van der Waals surface area contributed by atoms with Crippen molar-refractivity contribution in [3.05, 3.63) is 30.1 Å². The maximum Gasteiger partial charge on any atom is 0.220 e. The summed E-state index contributed by atoms with van der Waals surface area (Å²) in [5.74, 6) is -0.114. The van der Waals surface area contributed by atoms with E-state index in [1.807, 2.05) is 6.07 Å². The van der Waals surface area contributed by atoms with Gasteiger partial charge in [0.05, 0.1) is 6.10 Å². The van der Waals surface area contributed by atoms with Crippen molar-refractivity contribution in [1.82, 2.24) is 5.32 Å². The number of piperidine rings is 1. The molecule has 1 aromatic carbocycles. The minimum atomic E-state index is -0.217. The second-order valence-corrected chi connectivity index (χ2v) is 6.51. The van der Waals surface area contributed by atoms with Crippen LogP contribution >= 0.6 is 0 Å². The second kappa shape index (κ2) is 7.77. The quantitative estimate of drug-likeness (QED) is 0.907. The molecule has 2 fully saturated rings. The van der Waals surface area contributed by atoms with Gasteiger partial charge in [-0.15, -0.1) is 0 Å². The Labute approximate surface area is 137 Å². The largest absolute Gasteiger partial charge is 0.378 e. The molecule has 23 heavy (non-hydrogen) atoms. The molecule has 2 atom stereocenters. The van der Waals surface area contributed by atoms with Crippen LogP contribution < -0.4 is 10.2 Å². The monoisotopic (exact) mass is 320 g/mol. The number of amides is 1. The van der Waals surface area contributed by atoms with E-state index in [1.54, 1.807) is 12.1 Å². The van der Waals surface area contributed by atoms with E-state index in [0.717, 1.165) is 57.5 Å². The third-order valence-electron chi connectivity index (χ3n) is 4.68. The van der Waals surface area contributed by atoms with E-state index < -0.39 is 0 Å². The zero-order valence-electron chi connectivity index (χ0n) is 13.5. The van der Waals surface area contributed by atoms with E-state index >= 15 is 0 Å². The average molecular weight is 320 g/mol. The molecular weight excluding hydrogens is 295 g/mol. The van der Waals surface area contributed by atoms with Crippen molar-refractivity contribution in [3.8, 4) is 0 Å². The minimum Gasteiger partial charge on any atom is -0.378 e. The van der Waals surface area contributed by atoms with Gasteiger partial charge in [0.2, 0.25) is 5.91 Å². The maximum atomic E-state index is 13.4. The number of carbonyl (C=O) groups is 1. The zero-order valence-corrected chi connectivity index (χ0v) is 13.5. The Morgan fingerprint density at radius 2 is 2.26 bits per heavy atom. The zero-order chi connectivity index (χ0) is 16.1. The van der Waals surface area contributed by atoms with Crippen LogP contribution in [0.25, 0.3) is 0 Å². The molecule has 5 heteroatoms. The summed E-state index contributed by atoms with van der Waals surface area (Å²) in [5.41, 5.74) is 0.892. The third-order valence-corrected chi connectivity index (χ3v) is 4.68. The van der Waals surface area contributed by atoms with Gasteiger partial charge in [0.15, 0.2) is 0 Å². The predicted octanol–water partition coefficient (Wildman–Crippen LogP) is 2.87. The first-order valence-electron chi connectivity index (χ1n) is 8.62. The Hall–Kier alpha value is -1.62. The highest BCUT2D eigenvalue weighted by molar-refractivity contribution is 5.76. The number of hydrogen-bond donors (Lipinski definition) is 1. The van der Waals surface area contributed by atoms with Gasteiger partial charge in [0.25, 0.3) is 0 Å². The fourth-order valence-electron chi connectivity index (χ4n) is 3.47. The molecule has 1 amide bonds. The van der Waals surface area contributed by atoms with Crippen LogP contribution in [0.15, 0.2) is 24.3 Å². The van der Waals surface area contributed by atoms with Gasteiger partial charge in [0, 0.05) is 37.8 Å². The van der Waals surface area contributed by atoms with Crippen molar-refractivity contribution in [2.75, 3.05) is 24.6 Å². The minimum absolute atomic E-state index is 0.103. The van der Waals surface area contributed by atoms with Gasteiger partial charge in [0.1, 0.15) is 5.82 Å². The summed E-state index contributed by atoms with van der Waals surface area (Å²) < 4.78 is 18.9. The van der Waals surface area contributed by atoms with Gasteiger partial charge in [-0.25, -0.2) is 4.39 Å². The molecule has 0 aromatic heterocycles. The molecule has 0 bridgehead atoms. The van der Waals surface area contributed by atoms with E-state index in [-0.39, 0.29) is 23.9 Å². The normalized spacial score (nSPS) is 24.7. The molecule has 126 valence electrons. The van der Waals surface area contributed by atoms with E-state index in [9.17, 15) is 9.18 Å². The Bertz CT molecular complexity index is 532. The topological polar surface area (TPSA) is 41.6 Å². The summed E-state index contributed by atoms with van der Waals surface area (Å²) in [4.78, 5) is 14.3. The highest BCUT2D eigenvalue weighted by atomic mass is 19.1. The molecule has 0 spiro atoms. The van der Waals surface area contributed by atoms with Crippen molar-refractivity contribution in [3.63, 3.8) is 0 Å². The number of rotatable bonds is 5. The third kappa shape index (κ3) is 4.67. The summed E-state index contributed by atoms with van der Waals surface area (Å²) in [6, 6.07) is 6.81. The molecular formula is C18H25FN2O2. The number of ether oxygens (including phenoxy) is 1. The molecule has 1 aromatic rings. The van der Waals surface area contributed by atoms with E-state index in [1.165, 1.54) is 6.07 Å². The molecule has 1 N–H and O–H groups in total. The molecule has 2 heterocycles. The summed E-state index contributed by atoms with van der Waals surface area (Å²) in [5, 5.41) is 3.13. The number of hydrogen-bond acceptors (Lipinski definition) is 3. The number of nitrogens with zero attached hydrogens (tertiary/aromatic N) is 1. The number of halogens is 1. The van der Waals surface area contributed by atoms with Crippen molar-refractivity contribution in [2.24, 2.45) is 0 Å². The standard InChI is InChI=1S/C18H25FN2O2/c19-14-4-1-6-16(12-14)21-10-2-5-15(13-21)20-18(22)9-8-17-7-3-11-23-17/h1,4,6,12,15,17H,2-3,5,7-11,13H2,(H,20,22)/t15-,17+/m0/s1. The summed E-state index contributed by atoms with van der Waals surface area (Å²) >= 11 is 0. The van der Waals surface area contributed by atoms with E-state index in [0.29, 0.717) is 6.42 Å². The molecule has 2 aliphatic rings. The fourth-order valence-corrected chi connectivity index (χ4v) is 3.47. The van der Waals surface area contributed by atoms with Gasteiger partial charge in [-0.2, -0.15) is 0 Å². The van der Waals surface area contributed by atoms with Crippen LogP contribution in [-0.4, -0.2) is 37.7 Å². The highest BCUT2D eigenvalue weighted by Crippen LogP contribution is 2.21. The molecule has 2 aliphatic heterocycles. The van der Waals surface area contributed by atoms with Crippen LogP contribution in [0.2, 0.25) is 0 Å². The number of anilines is 1. The lowest BCUT2D eigenvalue weighted by Crippen LogP contribution is -2.47. The SMILES string of the molecule is O=C(CC[C@H]1CCCO1)N[C@H]1CCCN(c2cccc(F)c2)C1. The maximum absolute atomic E-state index is 13.4. The number of nitrogens with one attached hydrogen (secondary N) is 1. The Balaban J connectivity index is 1.47. The van der Waals surface area contributed by atoms with Crippen molar-refractivity contribution < 1.29 is 13.9 Å². The summed E-state index contributed by atoms with van der Waals surface area (Å²) in [6.45, 7) is 2.48. The van der Waals surface area contributed by atoms with Crippen LogP contribution in [0.3, 0.4) is 0 Å². The van der Waals surface area contributed by atoms with Crippen LogP contribution in [0.1, 0.15) is 38.5 Å². The van der Waals surface area contributed by atoms with E-state index in [4.69, 9.17) is 4.74 Å². The van der Waals surface area contributed by atoms with Crippen LogP contribution in [0.5, 0.6) is 0 Å². The van der Waals surface area contributed by atoms with Crippen molar-refractivity contribution in [1.29, 1.82) is 0 Å². The Kier molecular flexibility index (Phi) is 5.49. The van der Waals surface area contributed by atoms with Crippen molar-refractivity contribution >= 4 is 11.6 Å². The van der Waals surface area contributed by atoms with Crippen LogP contribution in [-0.2, 0) is 9.53 Å². The van der Waals surface area contributed by atoms with Crippen LogP contribution in [0, 0.1) is 5.82 Å². The number of carbonyl (C=O) groups excluding carboxylic acids is 1. The highest BCUT2D eigenvalue weighted by Gasteiger charge is 2.23. The molecule has 0 saturated carbocycles. The Morgan fingerprint density at radius 3 is 3.04 bits per heavy atom. The first-order valence-corrected chi connectivity index (χ1v) is 8.62. The van der Waals surface area contributed by atoms with Crippen LogP contribution in [0.4, 0.5) is 10.1 Å². The van der Waals surface area contributed by atoms with Gasteiger partial charge >= 0.3 is 0 Å². The molecule has 0 aliphatic carbocycles. The molecule has 3 rings (SSSR count). The van der Waals surface area contributed by atoms with Gasteiger partial charge < -0.3 is 15.0 Å². The van der Waals surface area contributed by atoms with Gasteiger partial charge in [-0.05, 0) is 50.3 Å². The van der Waals surface area contributed by atoms with Gasteiger partial charge in [-0.1, -0.05) is 6.07 Å². The lowest BCUT2D eigenvalue weighted by atomic mass is 10.0. The predicted molar refractivity (Wildman–Crippen MR) is 88.0 cm³/mol. The lowest BCUT2D eigenvalue weighted by Gasteiger charge is -2.34. The first kappa shape index (κ1) is 16.2. The molecule has 0 unspecified atom stereocenters. The molecule has 0 radical (unpaired) electrons. The van der Waals surface area contributed by atoms with Crippen molar-refractivity contribution in [2.45, 2.75) is 50.7 Å². The average Bonchev–Trinajstić information content (AvgIpc) is 3.07. The Morgan fingerprint density at radius 1 is 1.35 bits per heavy atom. The lowest BCUT2D eigenvalue weighted by molar-refractivity contribution is -0.122. The number of benzene rings is 1. The molecule has 2 saturated heterocycles. The summed E-state index contributed by atoms with van der Waals surface area (Å²) in [6.07, 6.45) is 5.77. The molecule has 4 nitrogen and oxygen atoms in total. The smallest absolute Gasteiger partial charge is 0.220 e. The van der Waals surface area contributed by atoms with E-state index in [2.05, 4.69) is 10.2 Å².